The molecule has 0 aromatic rings. The van der Waals surface area contributed by atoms with Crippen molar-refractivity contribution in [3.8, 4) is 0 Å². The van der Waals surface area contributed by atoms with E-state index in [-0.39, 0.29) is 6.54 Å². The summed E-state index contributed by atoms with van der Waals surface area (Å²) in [5.41, 5.74) is 0. The summed E-state index contributed by atoms with van der Waals surface area (Å²) in [4.78, 5) is 17.5. The molecule has 0 atom stereocenters. The Bertz CT molecular complexity index is 233. The zero-order valence-electron chi connectivity index (χ0n) is 13.1. The lowest BCUT2D eigenvalue weighted by molar-refractivity contribution is -0.138. The van der Waals surface area contributed by atoms with Gasteiger partial charge in [-0.2, -0.15) is 0 Å². The molecule has 19 heavy (non-hydrogen) atoms. The van der Waals surface area contributed by atoms with E-state index in [1.54, 1.807) is 0 Å². The van der Waals surface area contributed by atoms with Gasteiger partial charge < -0.3 is 14.9 Å². The highest BCUT2D eigenvalue weighted by Crippen LogP contribution is 1.95. The molecule has 5 nitrogen and oxygen atoms in total. The van der Waals surface area contributed by atoms with Crippen LogP contribution in [-0.4, -0.2) is 84.7 Å². The number of rotatable bonds is 12. The average Bonchev–Trinajstić information content (AvgIpc) is 2.41. The first-order valence-electron chi connectivity index (χ1n) is 7.46. The van der Waals surface area contributed by atoms with Gasteiger partial charge in [0.2, 0.25) is 0 Å². The van der Waals surface area contributed by atoms with Gasteiger partial charge in [0.1, 0.15) is 0 Å². The van der Waals surface area contributed by atoms with Gasteiger partial charge in [0.25, 0.3) is 0 Å². The molecule has 0 aromatic heterocycles. The first-order chi connectivity index (χ1) is 9.07. The molecule has 1 N–H and O–H groups in total. The standard InChI is InChI=1S/C14H31N3O2/c1-5-15(6-2)9-10-16(7-3)11-12-17(8-4)13-14(18)19/h5-13H2,1-4H3,(H,18,19). The quantitative estimate of drug-likeness (QED) is 0.576. The molecule has 0 unspecified atom stereocenters. The average molecular weight is 273 g/mol. The molecule has 0 bridgehead atoms. The van der Waals surface area contributed by atoms with Crippen LogP contribution in [0.1, 0.15) is 27.7 Å². The summed E-state index contributed by atoms with van der Waals surface area (Å²) in [5, 5.41) is 8.82. The van der Waals surface area contributed by atoms with Crippen molar-refractivity contribution in [1.82, 2.24) is 14.7 Å². The topological polar surface area (TPSA) is 47.0 Å². The van der Waals surface area contributed by atoms with E-state index >= 15 is 0 Å². The number of hydrogen-bond donors (Lipinski definition) is 1. The number of aliphatic carboxylic acids is 1. The Kier molecular flexibility index (Phi) is 10.8. The van der Waals surface area contributed by atoms with Crippen LogP contribution in [0.3, 0.4) is 0 Å². The Balaban J connectivity index is 4.00. The summed E-state index contributed by atoms with van der Waals surface area (Å²) in [6.07, 6.45) is 0. The van der Waals surface area contributed by atoms with Crippen molar-refractivity contribution in [2.24, 2.45) is 0 Å². The van der Waals surface area contributed by atoms with Crippen LogP contribution in [0.25, 0.3) is 0 Å². The van der Waals surface area contributed by atoms with Crippen molar-refractivity contribution in [2.75, 3.05) is 58.9 Å². The van der Waals surface area contributed by atoms with Gasteiger partial charge in [0.15, 0.2) is 0 Å². The monoisotopic (exact) mass is 273 g/mol. The maximum absolute atomic E-state index is 10.7. The summed E-state index contributed by atoms with van der Waals surface area (Å²) in [6.45, 7) is 16.6. The SMILES string of the molecule is CCN(CC)CCN(CC)CCN(CC)CC(=O)O. The number of carboxylic acid groups (broad SMARTS) is 1. The van der Waals surface area contributed by atoms with Gasteiger partial charge in [0.05, 0.1) is 6.54 Å². The largest absolute Gasteiger partial charge is 0.480 e. The normalized spacial score (nSPS) is 11.7. The van der Waals surface area contributed by atoms with E-state index < -0.39 is 5.97 Å². The first kappa shape index (κ1) is 18.4. The van der Waals surface area contributed by atoms with E-state index in [0.717, 1.165) is 52.4 Å². The lowest BCUT2D eigenvalue weighted by Crippen LogP contribution is -2.40. The lowest BCUT2D eigenvalue weighted by atomic mass is 10.3. The van der Waals surface area contributed by atoms with E-state index in [1.165, 1.54) is 0 Å². The molecule has 0 spiro atoms. The molecule has 0 aliphatic rings. The second-order valence-corrected chi connectivity index (χ2v) is 4.72. The van der Waals surface area contributed by atoms with Crippen molar-refractivity contribution in [2.45, 2.75) is 27.7 Å². The third-order valence-corrected chi connectivity index (χ3v) is 3.61. The highest BCUT2D eigenvalue weighted by atomic mass is 16.4. The second kappa shape index (κ2) is 11.2. The number of likely N-dealkylation sites (N-methyl/N-ethyl adjacent to an activating group) is 3. The van der Waals surface area contributed by atoms with Crippen LogP contribution < -0.4 is 0 Å². The third-order valence-electron chi connectivity index (χ3n) is 3.61. The highest BCUT2D eigenvalue weighted by Gasteiger charge is 2.10. The Hall–Kier alpha value is -0.650. The van der Waals surface area contributed by atoms with E-state index in [1.807, 2.05) is 11.8 Å². The minimum Gasteiger partial charge on any atom is -0.480 e. The Labute approximate surface area is 118 Å². The minimum atomic E-state index is -0.743. The summed E-state index contributed by atoms with van der Waals surface area (Å²) in [6, 6.07) is 0. The van der Waals surface area contributed by atoms with Gasteiger partial charge in [-0.1, -0.05) is 27.7 Å². The minimum absolute atomic E-state index is 0.143. The van der Waals surface area contributed by atoms with E-state index in [4.69, 9.17) is 5.11 Å². The van der Waals surface area contributed by atoms with Crippen LogP contribution in [0.2, 0.25) is 0 Å². The molecular formula is C14H31N3O2. The highest BCUT2D eigenvalue weighted by molar-refractivity contribution is 5.69. The van der Waals surface area contributed by atoms with E-state index in [2.05, 4.69) is 30.6 Å². The van der Waals surface area contributed by atoms with Gasteiger partial charge in [-0.25, -0.2) is 0 Å². The number of carboxylic acids is 1. The van der Waals surface area contributed by atoms with Gasteiger partial charge in [-0.15, -0.1) is 0 Å². The van der Waals surface area contributed by atoms with Crippen LogP contribution in [-0.2, 0) is 4.79 Å². The predicted octanol–water partition coefficient (Wildman–Crippen LogP) is 1.06. The molecule has 0 aromatic carbocycles. The smallest absolute Gasteiger partial charge is 0.317 e. The molecule has 0 aliphatic carbocycles. The molecule has 0 fully saturated rings. The van der Waals surface area contributed by atoms with Gasteiger partial charge in [0, 0.05) is 26.2 Å². The van der Waals surface area contributed by atoms with Crippen molar-refractivity contribution in [3.05, 3.63) is 0 Å². The van der Waals surface area contributed by atoms with Crippen LogP contribution >= 0.6 is 0 Å². The molecular weight excluding hydrogens is 242 g/mol. The summed E-state index contributed by atoms with van der Waals surface area (Å²) >= 11 is 0. The Morgan fingerprint density at radius 2 is 1.11 bits per heavy atom. The molecule has 0 saturated heterocycles. The second-order valence-electron chi connectivity index (χ2n) is 4.72. The lowest BCUT2D eigenvalue weighted by Gasteiger charge is -2.27. The fourth-order valence-electron chi connectivity index (χ4n) is 2.07. The van der Waals surface area contributed by atoms with E-state index in [9.17, 15) is 4.79 Å². The van der Waals surface area contributed by atoms with Gasteiger partial charge in [-0.05, 0) is 26.2 Å². The molecule has 5 heteroatoms. The van der Waals surface area contributed by atoms with Crippen LogP contribution in [0.15, 0.2) is 0 Å². The summed E-state index contributed by atoms with van der Waals surface area (Å²) < 4.78 is 0. The van der Waals surface area contributed by atoms with Crippen molar-refractivity contribution >= 4 is 5.97 Å². The Morgan fingerprint density at radius 1 is 0.737 bits per heavy atom. The fourth-order valence-corrected chi connectivity index (χ4v) is 2.07. The summed E-state index contributed by atoms with van der Waals surface area (Å²) in [5.74, 6) is -0.743. The number of hydrogen-bond acceptors (Lipinski definition) is 4. The van der Waals surface area contributed by atoms with Crippen molar-refractivity contribution in [1.29, 1.82) is 0 Å². The van der Waals surface area contributed by atoms with Crippen LogP contribution in [0.5, 0.6) is 0 Å². The third kappa shape index (κ3) is 8.97. The van der Waals surface area contributed by atoms with E-state index in [0.29, 0.717) is 0 Å². The maximum atomic E-state index is 10.7. The first-order valence-corrected chi connectivity index (χ1v) is 7.46. The number of carbonyl (C=O) groups is 1. The predicted molar refractivity (Wildman–Crippen MR) is 79.7 cm³/mol. The Morgan fingerprint density at radius 3 is 1.47 bits per heavy atom. The molecule has 0 amide bonds. The fraction of sp³-hybridized carbons (Fsp3) is 0.929. The van der Waals surface area contributed by atoms with Crippen molar-refractivity contribution in [3.63, 3.8) is 0 Å². The molecule has 0 saturated carbocycles. The number of nitrogens with zero attached hydrogens (tertiary/aromatic N) is 3. The van der Waals surface area contributed by atoms with Crippen LogP contribution in [0, 0.1) is 0 Å². The molecule has 0 heterocycles. The molecule has 0 radical (unpaired) electrons. The zero-order valence-corrected chi connectivity index (χ0v) is 13.1. The summed E-state index contributed by atoms with van der Waals surface area (Å²) in [7, 11) is 0. The zero-order chi connectivity index (χ0) is 14.7. The van der Waals surface area contributed by atoms with Crippen molar-refractivity contribution < 1.29 is 9.90 Å². The van der Waals surface area contributed by atoms with Crippen LogP contribution in [0.4, 0.5) is 0 Å². The molecule has 0 rings (SSSR count). The van der Waals surface area contributed by atoms with Gasteiger partial charge >= 0.3 is 5.97 Å². The van der Waals surface area contributed by atoms with Gasteiger partial charge in [-0.3, -0.25) is 9.69 Å². The molecule has 0 aliphatic heterocycles. The molecule has 114 valence electrons. The maximum Gasteiger partial charge on any atom is 0.317 e.